The molecule has 0 aliphatic carbocycles. The first-order valence-corrected chi connectivity index (χ1v) is 7.16. The number of hydrogen-bond donors (Lipinski definition) is 0. The molecule has 0 amide bonds. The average Bonchev–Trinajstić information content (AvgIpc) is 1.88. The van der Waals surface area contributed by atoms with Gasteiger partial charge >= 0.3 is 0 Å². The van der Waals surface area contributed by atoms with E-state index >= 15 is 0 Å². The molecule has 54 valence electrons. The Kier molecular flexibility index (Phi) is 1.95. The molecule has 1 rings (SSSR count). The van der Waals surface area contributed by atoms with Crippen LogP contribution in [-0.4, -0.2) is 8.07 Å². The zero-order valence-corrected chi connectivity index (χ0v) is 7.89. The second kappa shape index (κ2) is 2.58. The quantitative estimate of drug-likeness (QED) is 0.539. The highest BCUT2D eigenvalue weighted by molar-refractivity contribution is 6.88. The van der Waals surface area contributed by atoms with Crippen molar-refractivity contribution in [2.24, 2.45) is 0 Å². The largest absolute Gasteiger partial charge is 0.0775 e. The van der Waals surface area contributed by atoms with Gasteiger partial charge in [-0.3, -0.25) is 0 Å². The molecule has 0 radical (unpaired) electrons. The van der Waals surface area contributed by atoms with Gasteiger partial charge in [-0.15, -0.1) is 0 Å². The smallest absolute Gasteiger partial charge is 0.0656 e. The first kappa shape index (κ1) is 7.54. The highest BCUT2D eigenvalue weighted by atomic mass is 28.3. The molecule has 1 aromatic carbocycles. The Morgan fingerprint density at radius 3 is 1.70 bits per heavy atom. The lowest BCUT2D eigenvalue weighted by Gasteiger charge is -2.15. The fraction of sp³-hybridized carbons (Fsp3) is 0.333. The first-order chi connectivity index (χ1) is 4.61. The molecule has 0 heterocycles. The normalized spacial score (nSPS) is 11.5. The van der Waals surface area contributed by atoms with E-state index in [2.05, 4.69) is 50.0 Å². The molecule has 1 aromatic rings. The summed E-state index contributed by atoms with van der Waals surface area (Å²) in [4.78, 5) is 0. The van der Waals surface area contributed by atoms with E-state index in [9.17, 15) is 0 Å². The lowest BCUT2D eigenvalue weighted by molar-refractivity contribution is 1.68. The van der Waals surface area contributed by atoms with Gasteiger partial charge < -0.3 is 0 Å². The van der Waals surface area contributed by atoms with E-state index in [-0.39, 0.29) is 0 Å². The van der Waals surface area contributed by atoms with Crippen molar-refractivity contribution in [2.75, 3.05) is 0 Å². The molecule has 0 nitrogen and oxygen atoms in total. The van der Waals surface area contributed by atoms with Gasteiger partial charge in [-0.2, -0.15) is 0 Å². The van der Waals surface area contributed by atoms with Crippen molar-refractivity contribution < 1.29 is 0 Å². The topological polar surface area (TPSA) is 0 Å². The van der Waals surface area contributed by atoms with Crippen molar-refractivity contribution in [2.45, 2.75) is 19.6 Å². The Bertz CT molecular complexity index is 196. The van der Waals surface area contributed by atoms with Crippen molar-refractivity contribution in [1.82, 2.24) is 0 Å². The van der Waals surface area contributed by atoms with Crippen LogP contribution >= 0.6 is 0 Å². The van der Waals surface area contributed by atoms with Crippen LogP contribution in [0.1, 0.15) is 0 Å². The van der Waals surface area contributed by atoms with E-state index in [1.807, 2.05) is 0 Å². The van der Waals surface area contributed by atoms with Crippen LogP contribution in [0.4, 0.5) is 0 Å². The number of rotatable bonds is 1. The SMILES string of the molecule is C[Si](C)(C)c1ccccc1. The fourth-order valence-corrected chi connectivity index (χ4v) is 2.13. The van der Waals surface area contributed by atoms with Gasteiger partial charge in [-0.25, -0.2) is 0 Å². The summed E-state index contributed by atoms with van der Waals surface area (Å²) in [5.41, 5.74) is 0. The summed E-state index contributed by atoms with van der Waals surface area (Å²) in [6, 6.07) is 10.8. The summed E-state index contributed by atoms with van der Waals surface area (Å²) < 4.78 is 0. The minimum Gasteiger partial charge on any atom is -0.0656 e. The number of hydrogen-bond acceptors (Lipinski definition) is 0. The van der Waals surface area contributed by atoms with Gasteiger partial charge in [-0.05, 0) is 0 Å². The van der Waals surface area contributed by atoms with Gasteiger partial charge in [0, 0.05) is 0 Å². The van der Waals surface area contributed by atoms with Crippen molar-refractivity contribution in [3.63, 3.8) is 0 Å². The second-order valence-electron chi connectivity index (χ2n) is 3.62. The van der Waals surface area contributed by atoms with E-state index in [4.69, 9.17) is 0 Å². The van der Waals surface area contributed by atoms with Gasteiger partial charge in [0.15, 0.2) is 0 Å². The molecule has 10 heavy (non-hydrogen) atoms. The van der Waals surface area contributed by atoms with Crippen molar-refractivity contribution in [3.05, 3.63) is 30.3 Å². The van der Waals surface area contributed by atoms with E-state index in [0.717, 1.165) is 0 Å². The predicted octanol–water partition coefficient (Wildman–Crippen LogP) is 2.23. The van der Waals surface area contributed by atoms with Crippen LogP contribution in [0.2, 0.25) is 19.6 Å². The fourth-order valence-electron chi connectivity index (χ4n) is 0.938. The van der Waals surface area contributed by atoms with Crippen LogP contribution in [0.3, 0.4) is 0 Å². The third-order valence-corrected chi connectivity index (χ3v) is 3.71. The molecule has 0 fully saturated rings. The minimum absolute atomic E-state index is 1.03. The lowest BCUT2D eigenvalue weighted by Crippen LogP contribution is -2.37. The van der Waals surface area contributed by atoms with E-state index in [1.54, 1.807) is 0 Å². The van der Waals surface area contributed by atoms with E-state index in [1.165, 1.54) is 5.19 Å². The van der Waals surface area contributed by atoms with Gasteiger partial charge in [0.2, 0.25) is 0 Å². The van der Waals surface area contributed by atoms with Gasteiger partial charge in [0.25, 0.3) is 0 Å². The molecule has 0 aromatic heterocycles. The zero-order chi connectivity index (χ0) is 7.61. The Hall–Kier alpha value is -0.563. The molecule has 0 atom stereocenters. The molecule has 0 aliphatic heterocycles. The Balaban J connectivity index is 2.97. The van der Waals surface area contributed by atoms with Crippen LogP contribution in [0.25, 0.3) is 0 Å². The summed E-state index contributed by atoms with van der Waals surface area (Å²) >= 11 is 0. The minimum atomic E-state index is -1.03. The van der Waals surface area contributed by atoms with E-state index in [0.29, 0.717) is 0 Å². The zero-order valence-electron chi connectivity index (χ0n) is 6.89. The Labute approximate surface area is 63.9 Å². The molecule has 0 saturated carbocycles. The van der Waals surface area contributed by atoms with Crippen molar-refractivity contribution in [1.29, 1.82) is 0 Å². The molecule has 0 aliphatic rings. The lowest BCUT2D eigenvalue weighted by atomic mass is 10.4. The summed E-state index contributed by atoms with van der Waals surface area (Å²) in [5.74, 6) is 0. The van der Waals surface area contributed by atoms with Crippen molar-refractivity contribution >= 4 is 13.3 Å². The van der Waals surface area contributed by atoms with Crippen LogP contribution in [0, 0.1) is 0 Å². The maximum atomic E-state index is 2.36. The van der Waals surface area contributed by atoms with Crippen LogP contribution < -0.4 is 5.19 Å². The molecule has 0 N–H and O–H groups in total. The molecular weight excluding hydrogens is 136 g/mol. The summed E-state index contributed by atoms with van der Waals surface area (Å²) in [7, 11) is -1.03. The molecule has 1 heteroatoms. The standard InChI is InChI=1S/C9H14Si/c1-10(2,3)9-7-5-4-6-8-9/h4-8H,1-3H3. The molecule has 0 spiro atoms. The van der Waals surface area contributed by atoms with Gasteiger partial charge in [0.05, 0.1) is 8.07 Å². The Morgan fingerprint density at radius 1 is 0.900 bits per heavy atom. The summed E-state index contributed by atoms with van der Waals surface area (Å²) in [6.07, 6.45) is 0. The molecule has 0 saturated heterocycles. The van der Waals surface area contributed by atoms with Gasteiger partial charge in [0.1, 0.15) is 0 Å². The summed E-state index contributed by atoms with van der Waals surface area (Å²) in [5, 5.41) is 1.54. The van der Waals surface area contributed by atoms with Crippen LogP contribution in [0.5, 0.6) is 0 Å². The highest BCUT2D eigenvalue weighted by Crippen LogP contribution is 2.00. The third kappa shape index (κ3) is 1.71. The predicted molar refractivity (Wildman–Crippen MR) is 49.4 cm³/mol. The number of benzene rings is 1. The maximum Gasteiger partial charge on any atom is 0.0775 e. The molecule has 0 bridgehead atoms. The maximum absolute atomic E-state index is 2.36. The summed E-state index contributed by atoms with van der Waals surface area (Å²) in [6.45, 7) is 7.09. The third-order valence-electron chi connectivity index (χ3n) is 1.64. The first-order valence-electron chi connectivity index (χ1n) is 3.66. The van der Waals surface area contributed by atoms with Crippen molar-refractivity contribution in [3.8, 4) is 0 Å². The van der Waals surface area contributed by atoms with E-state index < -0.39 is 8.07 Å². The second-order valence-corrected chi connectivity index (χ2v) is 8.69. The Morgan fingerprint density at radius 2 is 1.40 bits per heavy atom. The monoisotopic (exact) mass is 150 g/mol. The van der Waals surface area contributed by atoms with Gasteiger partial charge in [-0.1, -0.05) is 55.2 Å². The molecular formula is C9H14Si. The van der Waals surface area contributed by atoms with Crippen LogP contribution in [0.15, 0.2) is 30.3 Å². The van der Waals surface area contributed by atoms with Crippen LogP contribution in [-0.2, 0) is 0 Å². The molecule has 0 unspecified atom stereocenters. The highest BCUT2D eigenvalue weighted by Gasteiger charge is 2.14. The average molecular weight is 150 g/mol.